The molecule has 1 saturated heterocycles. The highest BCUT2D eigenvalue weighted by Gasteiger charge is 2.32. The number of halogens is 1. The van der Waals surface area contributed by atoms with Crippen LogP contribution >= 0.6 is 0 Å². The largest absolute Gasteiger partial charge is 0.340 e. The SMILES string of the molecule is CN(Cc1ccc(S(C)=O)cc1)C(=O)C1CCCN1Cc1ccc(F)cc1. The Hall–Kier alpha value is -2.05. The molecule has 144 valence electrons. The Morgan fingerprint density at radius 2 is 1.78 bits per heavy atom. The van der Waals surface area contributed by atoms with Crippen LogP contribution in [0.25, 0.3) is 0 Å². The average molecular weight is 389 g/mol. The van der Waals surface area contributed by atoms with Gasteiger partial charge in [-0.15, -0.1) is 0 Å². The van der Waals surface area contributed by atoms with Crippen molar-refractivity contribution >= 4 is 16.7 Å². The molecule has 1 heterocycles. The molecule has 2 atom stereocenters. The molecule has 1 fully saturated rings. The van der Waals surface area contributed by atoms with Crippen LogP contribution in [0.1, 0.15) is 24.0 Å². The van der Waals surface area contributed by atoms with Crippen molar-refractivity contribution in [2.75, 3.05) is 19.8 Å². The van der Waals surface area contributed by atoms with E-state index < -0.39 is 10.8 Å². The number of rotatable bonds is 6. The van der Waals surface area contributed by atoms with Crippen LogP contribution < -0.4 is 0 Å². The first-order valence-electron chi connectivity index (χ1n) is 9.10. The first kappa shape index (κ1) is 19.7. The van der Waals surface area contributed by atoms with E-state index in [0.29, 0.717) is 13.1 Å². The number of hydrogen-bond acceptors (Lipinski definition) is 3. The third-order valence-corrected chi connectivity index (χ3v) is 5.93. The Morgan fingerprint density at radius 3 is 2.41 bits per heavy atom. The molecule has 0 bridgehead atoms. The lowest BCUT2D eigenvalue weighted by Crippen LogP contribution is -2.43. The van der Waals surface area contributed by atoms with Crippen molar-refractivity contribution in [3.05, 3.63) is 65.5 Å². The molecular formula is C21H25FN2O2S. The lowest BCUT2D eigenvalue weighted by atomic mass is 10.1. The fraction of sp³-hybridized carbons (Fsp3) is 0.381. The van der Waals surface area contributed by atoms with Gasteiger partial charge in [-0.3, -0.25) is 13.9 Å². The third-order valence-electron chi connectivity index (χ3n) is 5.00. The zero-order valence-corrected chi connectivity index (χ0v) is 16.5. The Labute approximate surface area is 162 Å². The molecule has 0 spiro atoms. The molecule has 2 aromatic carbocycles. The predicted molar refractivity (Wildman–Crippen MR) is 105 cm³/mol. The highest BCUT2D eigenvalue weighted by atomic mass is 32.2. The minimum absolute atomic E-state index is 0.109. The van der Waals surface area contributed by atoms with E-state index >= 15 is 0 Å². The van der Waals surface area contributed by atoms with Gasteiger partial charge >= 0.3 is 0 Å². The minimum Gasteiger partial charge on any atom is -0.340 e. The lowest BCUT2D eigenvalue weighted by Gasteiger charge is -2.28. The van der Waals surface area contributed by atoms with Gasteiger partial charge in [0.2, 0.25) is 5.91 Å². The van der Waals surface area contributed by atoms with Crippen molar-refractivity contribution in [2.45, 2.75) is 36.9 Å². The topological polar surface area (TPSA) is 40.6 Å². The molecule has 0 aromatic heterocycles. The van der Waals surface area contributed by atoms with Crippen molar-refractivity contribution in [3.8, 4) is 0 Å². The molecule has 0 aliphatic carbocycles. The summed E-state index contributed by atoms with van der Waals surface area (Å²) < 4.78 is 24.6. The standard InChI is InChI=1S/C21H25FN2O2S/c1-23(14-16-7-11-19(12-8-16)27(2)26)21(25)20-4-3-13-24(20)15-17-5-9-18(22)10-6-17/h5-12,20H,3-4,13-15H2,1-2H3. The van der Waals surface area contributed by atoms with Gasteiger partial charge in [-0.25, -0.2) is 4.39 Å². The second kappa shape index (κ2) is 8.76. The Balaban J connectivity index is 1.62. The van der Waals surface area contributed by atoms with Crippen LogP contribution in [-0.4, -0.2) is 45.8 Å². The first-order valence-corrected chi connectivity index (χ1v) is 10.7. The predicted octanol–water partition coefficient (Wildman–Crippen LogP) is 3.19. The number of carbonyl (C=O) groups is 1. The summed E-state index contributed by atoms with van der Waals surface area (Å²) in [5.41, 5.74) is 2.03. The van der Waals surface area contributed by atoms with Gasteiger partial charge in [0.15, 0.2) is 0 Å². The molecule has 4 nitrogen and oxygen atoms in total. The highest BCUT2D eigenvalue weighted by Crippen LogP contribution is 2.22. The molecule has 6 heteroatoms. The second-order valence-electron chi connectivity index (χ2n) is 7.05. The Bertz CT molecular complexity index is 808. The van der Waals surface area contributed by atoms with Crippen LogP contribution in [0, 0.1) is 5.82 Å². The quantitative estimate of drug-likeness (QED) is 0.763. The van der Waals surface area contributed by atoms with Crippen molar-refractivity contribution in [1.82, 2.24) is 9.80 Å². The smallest absolute Gasteiger partial charge is 0.239 e. The molecule has 0 saturated carbocycles. The second-order valence-corrected chi connectivity index (χ2v) is 8.43. The van der Waals surface area contributed by atoms with E-state index in [2.05, 4.69) is 4.90 Å². The average Bonchev–Trinajstić information content (AvgIpc) is 3.11. The minimum atomic E-state index is -0.997. The summed E-state index contributed by atoms with van der Waals surface area (Å²) in [5.74, 6) is -0.136. The van der Waals surface area contributed by atoms with Crippen LogP contribution in [0.3, 0.4) is 0 Å². The third kappa shape index (κ3) is 5.02. The molecule has 2 aromatic rings. The van der Waals surface area contributed by atoms with Crippen LogP contribution in [-0.2, 0) is 28.7 Å². The van der Waals surface area contributed by atoms with E-state index in [0.717, 1.165) is 35.4 Å². The molecule has 2 unspecified atom stereocenters. The Kier molecular flexibility index (Phi) is 6.39. The molecule has 27 heavy (non-hydrogen) atoms. The highest BCUT2D eigenvalue weighted by molar-refractivity contribution is 7.84. The molecule has 1 amide bonds. The van der Waals surface area contributed by atoms with E-state index in [9.17, 15) is 13.4 Å². The zero-order chi connectivity index (χ0) is 19.4. The first-order chi connectivity index (χ1) is 12.9. The maximum atomic E-state index is 13.1. The van der Waals surface area contributed by atoms with Gasteiger partial charge in [0, 0.05) is 42.1 Å². The number of benzene rings is 2. The van der Waals surface area contributed by atoms with Crippen LogP contribution in [0.15, 0.2) is 53.4 Å². The number of hydrogen-bond donors (Lipinski definition) is 0. The maximum Gasteiger partial charge on any atom is 0.239 e. The molecule has 0 radical (unpaired) electrons. The van der Waals surface area contributed by atoms with E-state index in [1.54, 1.807) is 23.3 Å². The van der Waals surface area contributed by atoms with Crippen LogP contribution in [0.2, 0.25) is 0 Å². The number of nitrogens with zero attached hydrogens (tertiary/aromatic N) is 2. The van der Waals surface area contributed by atoms with Gasteiger partial charge in [-0.05, 0) is 54.8 Å². The fourth-order valence-electron chi connectivity index (χ4n) is 3.51. The van der Waals surface area contributed by atoms with Gasteiger partial charge < -0.3 is 4.90 Å². The monoisotopic (exact) mass is 388 g/mol. The summed E-state index contributed by atoms with van der Waals surface area (Å²) in [5, 5.41) is 0. The van der Waals surface area contributed by atoms with E-state index in [-0.39, 0.29) is 17.8 Å². The summed E-state index contributed by atoms with van der Waals surface area (Å²) >= 11 is 0. The van der Waals surface area contributed by atoms with Crippen molar-refractivity contribution in [2.24, 2.45) is 0 Å². The summed E-state index contributed by atoms with van der Waals surface area (Å²) in [4.78, 5) is 17.7. The molecule has 1 aliphatic heterocycles. The molecule has 3 rings (SSSR count). The van der Waals surface area contributed by atoms with Gasteiger partial charge in [-0.2, -0.15) is 0 Å². The number of likely N-dealkylation sites (N-methyl/N-ethyl adjacent to an activating group) is 1. The normalized spacial score (nSPS) is 18.4. The van der Waals surface area contributed by atoms with E-state index in [1.165, 1.54) is 12.1 Å². The van der Waals surface area contributed by atoms with Gasteiger partial charge in [-0.1, -0.05) is 24.3 Å². The zero-order valence-electron chi connectivity index (χ0n) is 15.7. The number of likely N-dealkylation sites (tertiary alicyclic amines) is 1. The van der Waals surface area contributed by atoms with E-state index in [1.807, 2.05) is 31.3 Å². The van der Waals surface area contributed by atoms with Crippen molar-refractivity contribution < 1.29 is 13.4 Å². The Morgan fingerprint density at radius 1 is 1.15 bits per heavy atom. The summed E-state index contributed by atoms with van der Waals surface area (Å²) in [6.45, 7) is 2.05. The maximum absolute atomic E-state index is 13.1. The molecule has 0 N–H and O–H groups in total. The lowest BCUT2D eigenvalue weighted by molar-refractivity contribution is -0.135. The van der Waals surface area contributed by atoms with Crippen LogP contribution in [0.5, 0.6) is 0 Å². The van der Waals surface area contributed by atoms with Gasteiger partial charge in [0.1, 0.15) is 5.82 Å². The summed E-state index contributed by atoms with van der Waals surface area (Å²) in [6, 6.07) is 13.9. The van der Waals surface area contributed by atoms with Crippen molar-refractivity contribution in [1.29, 1.82) is 0 Å². The summed E-state index contributed by atoms with van der Waals surface area (Å²) in [6.07, 6.45) is 3.49. The fourth-order valence-corrected chi connectivity index (χ4v) is 4.03. The van der Waals surface area contributed by atoms with Gasteiger partial charge in [0.05, 0.1) is 6.04 Å². The van der Waals surface area contributed by atoms with Gasteiger partial charge in [0.25, 0.3) is 0 Å². The van der Waals surface area contributed by atoms with Crippen molar-refractivity contribution in [3.63, 3.8) is 0 Å². The number of carbonyl (C=O) groups excluding carboxylic acids is 1. The molecular weight excluding hydrogens is 363 g/mol. The summed E-state index contributed by atoms with van der Waals surface area (Å²) in [7, 11) is 0.825. The van der Waals surface area contributed by atoms with E-state index in [4.69, 9.17) is 0 Å². The number of amides is 1. The molecule has 1 aliphatic rings. The van der Waals surface area contributed by atoms with Crippen LogP contribution in [0.4, 0.5) is 4.39 Å².